The zero-order valence-electron chi connectivity index (χ0n) is 13.1. The molecule has 0 saturated carbocycles. The van der Waals surface area contributed by atoms with Crippen molar-refractivity contribution in [3.8, 4) is 11.8 Å². The van der Waals surface area contributed by atoms with Crippen LogP contribution in [0.3, 0.4) is 0 Å². The van der Waals surface area contributed by atoms with Gasteiger partial charge in [0, 0.05) is 42.7 Å². The second kappa shape index (κ2) is 7.30. The van der Waals surface area contributed by atoms with Crippen LogP contribution >= 0.6 is 11.3 Å². The Hall–Kier alpha value is -2.32. The van der Waals surface area contributed by atoms with Gasteiger partial charge in [0.25, 0.3) is 5.91 Å². The van der Waals surface area contributed by atoms with Crippen molar-refractivity contribution in [2.45, 2.75) is 19.4 Å². The van der Waals surface area contributed by atoms with Gasteiger partial charge < -0.3 is 9.80 Å². The number of amides is 1. The Morgan fingerprint density at radius 2 is 2.17 bits per heavy atom. The molecule has 2 aromatic rings. The van der Waals surface area contributed by atoms with Crippen LogP contribution in [0.15, 0.2) is 41.9 Å². The summed E-state index contributed by atoms with van der Waals surface area (Å²) in [6, 6.07) is 9.81. The standard InChI is InChI=1S/C18H19N3OS/c1-2-16-14-20(18-19-10-13-23-18)11-12-21(16)17(22)9-8-15-6-4-3-5-7-15/h3-7,10,13,16H,2,11-12,14H2,1H3. The molecule has 0 N–H and O–H groups in total. The van der Waals surface area contributed by atoms with Crippen molar-refractivity contribution in [1.82, 2.24) is 9.88 Å². The lowest BCUT2D eigenvalue weighted by molar-refractivity contribution is -0.127. The van der Waals surface area contributed by atoms with Crippen molar-refractivity contribution in [1.29, 1.82) is 0 Å². The van der Waals surface area contributed by atoms with Crippen LogP contribution in [0.2, 0.25) is 0 Å². The third kappa shape index (κ3) is 3.72. The zero-order valence-corrected chi connectivity index (χ0v) is 13.9. The van der Waals surface area contributed by atoms with Gasteiger partial charge in [-0.2, -0.15) is 0 Å². The van der Waals surface area contributed by atoms with E-state index >= 15 is 0 Å². The molecule has 118 valence electrons. The second-order valence-electron chi connectivity index (χ2n) is 5.44. The third-order valence-electron chi connectivity index (χ3n) is 3.99. The summed E-state index contributed by atoms with van der Waals surface area (Å²) in [7, 11) is 0. The van der Waals surface area contributed by atoms with Crippen LogP contribution in [-0.2, 0) is 4.79 Å². The molecule has 1 aromatic carbocycles. The van der Waals surface area contributed by atoms with E-state index < -0.39 is 0 Å². The van der Waals surface area contributed by atoms with Gasteiger partial charge in [-0.25, -0.2) is 4.98 Å². The average molecular weight is 325 g/mol. The molecule has 0 radical (unpaired) electrons. The minimum absolute atomic E-state index is 0.0838. The fourth-order valence-electron chi connectivity index (χ4n) is 2.74. The predicted molar refractivity (Wildman–Crippen MR) is 93.4 cm³/mol. The minimum Gasteiger partial charge on any atom is -0.344 e. The van der Waals surface area contributed by atoms with E-state index in [2.05, 4.69) is 28.6 Å². The average Bonchev–Trinajstić information content (AvgIpc) is 3.14. The van der Waals surface area contributed by atoms with E-state index in [1.54, 1.807) is 11.3 Å². The lowest BCUT2D eigenvalue weighted by atomic mass is 10.1. The van der Waals surface area contributed by atoms with Crippen LogP contribution in [0.4, 0.5) is 5.13 Å². The minimum atomic E-state index is -0.0838. The lowest BCUT2D eigenvalue weighted by Crippen LogP contribution is -2.54. The molecule has 0 spiro atoms. The first kappa shape index (κ1) is 15.6. The predicted octanol–water partition coefficient (Wildman–Crippen LogP) is 2.62. The quantitative estimate of drug-likeness (QED) is 0.797. The maximum Gasteiger partial charge on any atom is 0.299 e. The number of rotatable bonds is 2. The summed E-state index contributed by atoms with van der Waals surface area (Å²) in [6.45, 7) is 4.44. The Kier molecular flexibility index (Phi) is 4.94. The number of benzene rings is 1. The van der Waals surface area contributed by atoms with Gasteiger partial charge in [-0.3, -0.25) is 4.79 Å². The fraction of sp³-hybridized carbons (Fsp3) is 0.333. The summed E-state index contributed by atoms with van der Waals surface area (Å²) in [5, 5.41) is 3.02. The van der Waals surface area contributed by atoms with E-state index in [4.69, 9.17) is 0 Å². The molecule has 2 heterocycles. The molecule has 1 atom stereocenters. The number of carbonyl (C=O) groups is 1. The molecule has 1 amide bonds. The van der Waals surface area contributed by atoms with Gasteiger partial charge in [0.15, 0.2) is 5.13 Å². The number of piperazine rings is 1. The summed E-state index contributed by atoms with van der Waals surface area (Å²) in [5.74, 6) is 5.66. The summed E-state index contributed by atoms with van der Waals surface area (Å²) >= 11 is 1.64. The largest absolute Gasteiger partial charge is 0.344 e. The number of anilines is 1. The summed E-state index contributed by atoms with van der Waals surface area (Å²) in [5.41, 5.74) is 0.871. The summed E-state index contributed by atoms with van der Waals surface area (Å²) < 4.78 is 0. The smallest absolute Gasteiger partial charge is 0.299 e. The Morgan fingerprint density at radius 1 is 1.35 bits per heavy atom. The molecule has 0 bridgehead atoms. The SMILES string of the molecule is CCC1CN(c2nccs2)CCN1C(=O)C#Cc1ccccc1. The van der Waals surface area contributed by atoms with Gasteiger partial charge in [0.1, 0.15) is 0 Å². The van der Waals surface area contributed by atoms with E-state index in [0.29, 0.717) is 6.54 Å². The first-order valence-electron chi connectivity index (χ1n) is 7.80. The van der Waals surface area contributed by atoms with Crippen molar-refractivity contribution >= 4 is 22.4 Å². The van der Waals surface area contributed by atoms with Crippen molar-refractivity contribution < 1.29 is 4.79 Å². The molecule has 1 aliphatic rings. The number of nitrogens with zero attached hydrogens (tertiary/aromatic N) is 3. The van der Waals surface area contributed by atoms with E-state index in [1.165, 1.54) is 0 Å². The van der Waals surface area contributed by atoms with Gasteiger partial charge in [-0.1, -0.05) is 31.0 Å². The van der Waals surface area contributed by atoms with E-state index in [0.717, 1.165) is 30.2 Å². The molecule has 1 aliphatic heterocycles. The van der Waals surface area contributed by atoms with E-state index in [9.17, 15) is 4.79 Å². The van der Waals surface area contributed by atoms with Crippen LogP contribution in [0, 0.1) is 11.8 Å². The maximum absolute atomic E-state index is 12.5. The van der Waals surface area contributed by atoms with Crippen molar-refractivity contribution in [2.75, 3.05) is 24.5 Å². The van der Waals surface area contributed by atoms with Crippen molar-refractivity contribution in [3.63, 3.8) is 0 Å². The lowest BCUT2D eigenvalue weighted by Gasteiger charge is -2.40. The maximum atomic E-state index is 12.5. The molecular weight excluding hydrogens is 306 g/mol. The molecule has 1 unspecified atom stereocenters. The molecule has 1 fully saturated rings. The molecule has 1 saturated heterocycles. The first-order chi connectivity index (χ1) is 11.3. The Balaban J connectivity index is 1.68. The normalized spacial score (nSPS) is 17.5. The second-order valence-corrected chi connectivity index (χ2v) is 6.31. The van der Waals surface area contributed by atoms with Crippen LogP contribution < -0.4 is 4.90 Å². The van der Waals surface area contributed by atoms with E-state index in [1.807, 2.05) is 46.8 Å². The molecule has 4 nitrogen and oxygen atoms in total. The molecule has 1 aromatic heterocycles. The third-order valence-corrected chi connectivity index (χ3v) is 4.82. The Bertz CT molecular complexity index is 703. The van der Waals surface area contributed by atoms with Crippen LogP contribution in [0.1, 0.15) is 18.9 Å². The van der Waals surface area contributed by atoms with Gasteiger partial charge in [0.05, 0.1) is 6.04 Å². The highest BCUT2D eigenvalue weighted by molar-refractivity contribution is 7.13. The van der Waals surface area contributed by atoms with Crippen LogP contribution in [0.25, 0.3) is 0 Å². The highest BCUT2D eigenvalue weighted by atomic mass is 32.1. The number of hydrogen-bond acceptors (Lipinski definition) is 4. The van der Waals surface area contributed by atoms with Gasteiger partial charge in [-0.05, 0) is 18.6 Å². The molecule has 0 aliphatic carbocycles. The highest BCUT2D eigenvalue weighted by Crippen LogP contribution is 2.22. The molecule has 3 rings (SSSR count). The number of hydrogen-bond donors (Lipinski definition) is 0. The van der Waals surface area contributed by atoms with Crippen molar-refractivity contribution in [3.05, 3.63) is 47.5 Å². The number of aromatic nitrogens is 1. The van der Waals surface area contributed by atoms with Gasteiger partial charge in [-0.15, -0.1) is 11.3 Å². The van der Waals surface area contributed by atoms with E-state index in [-0.39, 0.29) is 11.9 Å². The molecule has 23 heavy (non-hydrogen) atoms. The monoisotopic (exact) mass is 325 g/mol. The van der Waals surface area contributed by atoms with Gasteiger partial charge >= 0.3 is 0 Å². The van der Waals surface area contributed by atoms with Crippen LogP contribution in [-0.4, -0.2) is 41.5 Å². The molecular formula is C18H19N3OS. The summed E-state index contributed by atoms with van der Waals surface area (Å²) in [6.07, 6.45) is 2.74. The van der Waals surface area contributed by atoms with Gasteiger partial charge in [0.2, 0.25) is 0 Å². The zero-order chi connectivity index (χ0) is 16.1. The fourth-order valence-corrected chi connectivity index (χ4v) is 3.42. The number of thiazole rings is 1. The Morgan fingerprint density at radius 3 is 2.87 bits per heavy atom. The first-order valence-corrected chi connectivity index (χ1v) is 8.68. The topological polar surface area (TPSA) is 36.4 Å². The number of carbonyl (C=O) groups excluding carboxylic acids is 1. The van der Waals surface area contributed by atoms with Crippen molar-refractivity contribution in [2.24, 2.45) is 0 Å². The summed E-state index contributed by atoms with van der Waals surface area (Å²) in [4.78, 5) is 21.0. The van der Waals surface area contributed by atoms with Crippen LogP contribution in [0.5, 0.6) is 0 Å². The Labute approximate surface area is 140 Å². The highest BCUT2D eigenvalue weighted by Gasteiger charge is 2.29. The molecule has 5 heteroatoms.